The summed E-state index contributed by atoms with van der Waals surface area (Å²) in [4.78, 5) is 12.5. The standard InChI is InChI=1S/C21H25NO5/c1-21(2)12-18(17-11-15(25-4)8-9-19(17)27-21)22-20(23)13-26-16-7-5-6-14(10-16)24-3/h5-11,18H,12-13H2,1-4H3,(H,22,23)/t18-/m1/s1. The lowest BCUT2D eigenvalue weighted by Gasteiger charge is -2.38. The summed E-state index contributed by atoms with van der Waals surface area (Å²) in [6.45, 7) is 3.93. The van der Waals surface area contributed by atoms with Gasteiger partial charge in [0.05, 0.1) is 20.3 Å². The minimum Gasteiger partial charge on any atom is -0.497 e. The van der Waals surface area contributed by atoms with Crippen LogP contribution in [0.3, 0.4) is 0 Å². The van der Waals surface area contributed by atoms with Gasteiger partial charge in [-0.3, -0.25) is 4.79 Å². The molecule has 1 N–H and O–H groups in total. The maximum atomic E-state index is 12.5. The fourth-order valence-corrected chi connectivity index (χ4v) is 3.16. The minimum atomic E-state index is -0.382. The monoisotopic (exact) mass is 371 g/mol. The summed E-state index contributed by atoms with van der Waals surface area (Å²) in [5.41, 5.74) is 0.524. The zero-order valence-electron chi connectivity index (χ0n) is 16.1. The highest BCUT2D eigenvalue weighted by Gasteiger charge is 2.34. The van der Waals surface area contributed by atoms with Crippen molar-refractivity contribution >= 4 is 5.91 Å². The van der Waals surface area contributed by atoms with Crippen molar-refractivity contribution in [1.29, 1.82) is 0 Å². The van der Waals surface area contributed by atoms with E-state index in [-0.39, 0.29) is 24.2 Å². The number of amides is 1. The molecule has 6 nitrogen and oxygen atoms in total. The highest BCUT2D eigenvalue weighted by Crippen LogP contribution is 2.41. The van der Waals surface area contributed by atoms with Crippen molar-refractivity contribution in [3.63, 3.8) is 0 Å². The van der Waals surface area contributed by atoms with E-state index in [1.54, 1.807) is 26.4 Å². The van der Waals surface area contributed by atoms with Crippen LogP contribution in [0.15, 0.2) is 42.5 Å². The molecule has 2 aromatic rings. The van der Waals surface area contributed by atoms with Crippen LogP contribution in [0.2, 0.25) is 0 Å². The van der Waals surface area contributed by atoms with E-state index >= 15 is 0 Å². The van der Waals surface area contributed by atoms with Crippen LogP contribution in [0.25, 0.3) is 0 Å². The second kappa shape index (κ2) is 7.78. The zero-order chi connectivity index (χ0) is 19.4. The number of fused-ring (bicyclic) bond motifs is 1. The van der Waals surface area contributed by atoms with Crippen molar-refractivity contribution in [3.8, 4) is 23.0 Å². The molecule has 1 atom stereocenters. The van der Waals surface area contributed by atoms with Gasteiger partial charge in [-0.05, 0) is 44.2 Å². The molecule has 0 saturated heterocycles. The van der Waals surface area contributed by atoms with Crippen molar-refractivity contribution in [2.24, 2.45) is 0 Å². The molecule has 1 aliphatic heterocycles. The first-order valence-electron chi connectivity index (χ1n) is 8.83. The van der Waals surface area contributed by atoms with Crippen molar-refractivity contribution in [3.05, 3.63) is 48.0 Å². The molecule has 0 aliphatic carbocycles. The van der Waals surface area contributed by atoms with Gasteiger partial charge in [-0.15, -0.1) is 0 Å². The Hall–Kier alpha value is -2.89. The molecule has 2 aromatic carbocycles. The summed E-state index contributed by atoms with van der Waals surface area (Å²) in [5.74, 6) is 2.54. The topological polar surface area (TPSA) is 66.0 Å². The molecule has 6 heteroatoms. The number of rotatable bonds is 6. The molecule has 0 spiro atoms. The Bertz CT molecular complexity index is 818. The lowest BCUT2D eigenvalue weighted by Crippen LogP contribution is -2.42. The average Bonchev–Trinajstić information content (AvgIpc) is 2.65. The van der Waals surface area contributed by atoms with Gasteiger partial charge in [0.2, 0.25) is 0 Å². The first-order valence-corrected chi connectivity index (χ1v) is 8.83. The fraction of sp³-hybridized carbons (Fsp3) is 0.381. The Balaban J connectivity index is 1.69. The van der Waals surface area contributed by atoms with Gasteiger partial charge in [0.15, 0.2) is 6.61 Å². The third kappa shape index (κ3) is 4.64. The van der Waals surface area contributed by atoms with Crippen LogP contribution >= 0.6 is 0 Å². The molecule has 0 bridgehead atoms. The van der Waals surface area contributed by atoms with E-state index in [1.165, 1.54) is 0 Å². The molecular formula is C21H25NO5. The SMILES string of the molecule is COc1cccc(OCC(=O)N[C@@H]2CC(C)(C)Oc3ccc(OC)cc32)c1. The number of ether oxygens (including phenoxy) is 4. The lowest BCUT2D eigenvalue weighted by atomic mass is 9.89. The van der Waals surface area contributed by atoms with E-state index in [2.05, 4.69) is 5.32 Å². The molecule has 1 heterocycles. The smallest absolute Gasteiger partial charge is 0.258 e. The molecule has 0 saturated carbocycles. The highest BCUT2D eigenvalue weighted by molar-refractivity contribution is 5.78. The largest absolute Gasteiger partial charge is 0.497 e. The first kappa shape index (κ1) is 18.9. The van der Waals surface area contributed by atoms with Gasteiger partial charge in [0.1, 0.15) is 28.6 Å². The van der Waals surface area contributed by atoms with Crippen LogP contribution in [-0.2, 0) is 4.79 Å². The van der Waals surface area contributed by atoms with E-state index in [4.69, 9.17) is 18.9 Å². The molecule has 0 radical (unpaired) electrons. The summed E-state index contributed by atoms with van der Waals surface area (Å²) < 4.78 is 22.1. The molecule has 0 aromatic heterocycles. The molecule has 0 unspecified atom stereocenters. The van der Waals surface area contributed by atoms with Crippen LogP contribution in [0, 0.1) is 0 Å². The second-order valence-electron chi connectivity index (χ2n) is 7.06. The number of nitrogens with one attached hydrogen (secondary N) is 1. The normalized spacial score (nSPS) is 17.3. The predicted molar refractivity (Wildman–Crippen MR) is 102 cm³/mol. The van der Waals surface area contributed by atoms with Gasteiger partial charge in [0.25, 0.3) is 5.91 Å². The number of methoxy groups -OCH3 is 2. The van der Waals surface area contributed by atoms with E-state index in [1.807, 2.05) is 44.2 Å². The number of hydrogen-bond acceptors (Lipinski definition) is 5. The van der Waals surface area contributed by atoms with Gasteiger partial charge in [-0.2, -0.15) is 0 Å². The van der Waals surface area contributed by atoms with Crippen LogP contribution in [0.4, 0.5) is 0 Å². The number of carbonyl (C=O) groups excluding carboxylic acids is 1. The van der Waals surface area contributed by atoms with Crippen LogP contribution in [0.1, 0.15) is 31.9 Å². The summed E-state index contributed by atoms with van der Waals surface area (Å²) >= 11 is 0. The van der Waals surface area contributed by atoms with Crippen LogP contribution < -0.4 is 24.3 Å². The van der Waals surface area contributed by atoms with E-state index in [9.17, 15) is 4.79 Å². The zero-order valence-corrected chi connectivity index (χ0v) is 16.1. The Morgan fingerprint density at radius 3 is 2.56 bits per heavy atom. The maximum Gasteiger partial charge on any atom is 0.258 e. The summed E-state index contributed by atoms with van der Waals surface area (Å²) in [7, 11) is 3.20. The van der Waals surface area contributed by atoms with E-state index < -0.39 is 0 Å². The Morgan fingerprint density at radius 2 is 1.81 bits per heavy atom. The van der Waals surface area contributed by atoms with Crippen molar-refractivity contribution < 1.29 is 23.7 Å². The molecule has 1 aliphatic rings. The van der Waals surface area contributed by atoms with Crippen molar-refractivity contribution in [2.75, 3.05) is 20.8 Å². The van der Waals surface area contributed by atoms with Gasteiger partial charge in [-0.25, -0.2) is 0 Å². The third-order valence-electron chi connectivity index (χ3n) is 4.42. The van der Waals surface area contributed by atoms with Gasteiger partial charge < -0.3 is 24.3 Å². The van der Waals surface area contributed by atoms with Crippen molar-refractivity contribution in [1.82, 2.24) is 5.32 Å². The molecule has 3 rings (SSSR count). The number of carbonyl (C=O) groups is 1. The van der Waals surface area contributed by atoms with Gasteiger partial charge in [0, 0.05) is 18.1 Å². The minimum absolute atomic E-state index is 0.0791. The van der Waals surface area contributed by atoms with Crippen LogP contribution in [-0.4, -0.2) is 32.3 Å². The first-order chi connectivity index (χ1) is 12.9. The molecule has 0 fully saturated rings. The highest BCUT2D eigenvalue weighted by atomic mass is 16.5. The average molecular weight is 371 g/mol. The summed E-state index contributed by atoms with van der Waals surface area (Å²) in [6.07, 6.45) is 0.651. The lowest BCUT2D eigenvalue weighted by molar-refractivity contribution is -0.124. The fourth-order valence-electron chi connectivity index (χ4n) is 3.16. The third-order valence-corrected chi connectivity index (χ3v) is 4.42. The van der Waals surface area contributed by atoms with Gasteiger partial charge >= 0.3 is 0 Å². The summed E-state index contributed by atoms with van der Waals surface area (Å²) in [5, 5.41) is 3.05. The van der Waals surface area contributed by atoms with Crippen molar-refractivity contribution in [2.45, 2.75) is 31.9 Å². The Morgan fingerprint density at radius 1 is 1.11 bits per heavy atom. The number of benzene rings is 2. The Kier molecular flexibility index (Phi) is 5.44. The molecule has 27 heavy (non-hydrogen) atoms. The molecule has 1 amide bonds. The van der Waals surface area contributed by atoms with E-state index in [0.717, 1.165) is 17.1 Å². The van der Waals surface area contributed by atoms with Gasteiger partial charge in [-0.1, -0.05) is 6.07 Å². The quantitative estimate of drug-likeness (QED) is 0.842. The molecular weight excluding hydrogens is 346 g/mol. The molecule has 144 valence electrons. The maximum absolute atomic E-state index is 12.5. The predicted octanol–water partition coefficient (Wildman–Crippen LogP) is 3.50. The number of hydrogen-bond donors (Lipinski definition) is 1. The second-order valence-corrected chi connectivity index (χ2v) is 7.06. The summed E-state index contributed by atoms with van der Waals surface area (Å²) in [6, 6.07) is 12.6. The Labute approximate surface area is 159 Å². The van der Waals surface area contributed by atoms with Crippen LogP contribution in [0.5, 0.6) is 23.0 Å². The van der Waals surface area contributed by atoms with E-state index in [0.29, 0.717) is 17.9 Å².